The number of hydrogen-bond donors (Lipinski definition) is 2. The largest absolute Gasteiger partial charge is 0.369 e. The third kappa shape index (κ3) is 6.37. The van der Waals surface area contributed by atoms with Crippen LogP contribution in [-0.2, 0) is 6.54 Å². The van der Waals surface area contributed by atoms with E-state index in [4.69, 9.17) is 11.6 Å². The number of benzene rings is 1. The number of halogens is 1. The van der Waals surface area contributed by atoms with Crippen molar-refractivity contribution in [2.75, 3.05) is 64.8 Å². The Bertz CT molecular complexity index is 733. The number of guanidine groups is 1. The summed E-state index contributed by atoms with van der Waals surface area (Å²) >= 11 is 6.60. The predicted molar refractivity (Wildman–Crippen MR) is 129 cm³/mol. The lowest BCUT2D eigenvalue weighted by Crippen LogP contribution is -2.49. The van der Waals surface area contributed by atoms with Crippen molar-refractivity contribution in [2.45, 2.75) is 32.4 Å². The van der Waals surface area contributed by atoms with Crippen molar-refractivity contribution in [3.63, 3.8) is 0 Å². The van der Waals surface area contributed by atoms with Gasteiger partial charge >= 0.3 is 0 Å². The summed E-state index contributed by atoms with van der Waals surface area (Å²) in [6.45, 7) is 14.2. The fraction of sp³-hybridized carbons (Fsp3) is 0.609. The van der Waals surface area contributed by atoms with Crippen LogP contribution in [0.1, 0.15) is 25.3 Å². The van der Waals surface area contributed by atoms with Gasteiger partial charge in [-0.3, -0.25) is 9.89 Å². The molecule has 0 aromatic heterocycles. The zero-order chi connectivity index (χ0) is 21.5. The second kappa shape index (κ2) is 11.0. The molecule has 2 aliphatic heterocycles. The smallest absolute Gasteiger partial charge is 0.191 e. The first kappa shape index (κ1) is 22.9. The van der Waals surface area contributed by atoms with E-state index < -0.39 is 0 Å². The van der Waals surface area contributed by atoms with Gasteiger partial charge in [-0.1, -0.05) is 29.8 Å². The SMILES string of the molecule is C=C(C)CN1CCC(NC(=NC)NCc2c(Cl)cccc2N2CCN(C)CC2)CC1. The summed E-state index contributed by atoms with van der Waals surface area (Å²) in [6.07, 6.45) is 2.24. The number of piperidine rings is 1. The minimum atomic E-state index is 0.445. The van der Waals surface area contributed by atoms with Crippen LogP contribution in [-0.4, -0.2) is 81.7 Å². The lowest BCUT2D eigenvalue weighted by molar-refractivity contribution is 0.221. The molecule has 0 amide bonds. The molecule has 0 saturated carbocycles. The average Bonchev–Trinajstić information content (AvgIpc) is 2.73. The number of aliphatic imine (C=N–C) groups is 1. The van der Waals surface area contributed by atoms with Gasteiger partial charge in [-0.25, -0.2) is 0 Å². The van der Waals surface area contributed by atoms with Gasteiger partial charge < -0.3 is 20.4 Å². The van der Waals surface area contributed by atoms with E-state index in [9.17, 15) is 0 Å². The van der Waals surface area contributed by atoms with Gasteiger partial charge in [-0.05, 0) is 38.9 Å². The monoisotopic (exact) mass is 432 g/mol. The normalized spacial score (nSPS) is 19.7. The molecule has 1 aromatic rings. The molecule has 0 unspecified atom stereocenters. The maximum absolute atomic E-state index is 6.60. The summed E-state index contributed by atoms with van der Waals surface area (Å²) in [6, 6.07) is 6.65. The maximum atomic E-state index is 6.60. The van der Waals surface area contributed by atoms with Crippen molar-refractivity contribution < 1.29 is 0 Å². The Morgan fingerprint density at radius 3 is 2.50 bits per heavy atom. The van der Waals surface area contributed by atoms with Crippen LogP contribution in [0.3, 0.4) is 0 Å². The van der Waals surface area contributed by atoms with Crippen LogP contribution in [0.2, 0.25) is 5.02 Å². The number of rotatable bonds is 6. The van der Waals surface area contributed by atoms with Gasteiger partial charge in [0.25, 0.3) is 0 Å². The quantitative estimate of drug-likeness (QED) is 0.411. The van der Waals surface area contributed by atoms with Gasteiger partial charge in [0, 0.05) is 81.7 Å². The molecule has 3 rings (SSSR count). The van der Waals surface area contributed by atoms with Crippen LogP contribution in [0.25, 0.3) is 0 Å². The van der Waals surface area contributed by atoms with Crippen molar-refractivity contribution in [1.29, 1.82) is 0 Å². The summed E-state index contributed by atoms with van der Waals surface area (Å²) in [7, 11) is 4.01. The van der Waals surface area contributed by atoms with Crippen molar-refractivity contribution >= 4 is 23.2 Å². The zero-order valence-corrected chi connectivity index (χ0v) is 19.5. The Labute approximate surface area is 187 Å². The minimum Gasteiger partial charge on any atom is -0.369 e. The fourth-order valence-corrected chi connectivity index (χ4v) is 4.48. The van der Waals surface area contributed by atoms with Crippen LogP contribution in [0.5, 0.6) is 0 Å². The van der Waals surface area contributed by atoms with Crippen molar-refractivity contribution in [3.05, 3.63) is 40.9 Å². The van der Waals surface area contributed by atoms with Crippen molar-refractivity contribution in [2.24, 2.45) is 4.99 Å². The summed E-state index contributed by atoms with van der Waals surface area (Å²) < 4.78 is 0. The maximum Gasteiger partial charge on any atom is 0.191 e. The van der Waals surface area contributed by atoms with Crippen LogP contribution in [0, 0.1) is 0 Å². The predicted octanol–water partition coefficient (Wildman–Crippen LogP) is 2.80. The Morgan fingerprint density at radius 2 is 1.87 bits per heavy atom. The Morgan fingerprint density at radius 1 is 1.17 bits per heavy atom. The van der Waals surface area contributed by atoms with E-state index in [0.29, 0.717) is 12.6 Å². The molecule has 30 heavy (non-hydrogen) atoms. The van der Waals surface area contributed by atoms with Gasteiger partial charge in [0.2, 0.25) is 0 Å². The Kier molecular flexibility index (Phi) is 8.42. The van der Waals surface area contributed by atoms with Crippen LogP contribution >= 0.6 is 11.6 Å². The molecule has 2 heterocycles. The summed E-state index contributed by atoms with van der Waals surface area (Å²) in [5.41, 5.74) is 3.60. The molecule has 2 saturated heterocycles. The number of nitrogens with zero attached hydrogens (tertiary/aromatic N) is 4. The number of likely N-dealkylation sites (tertiary alicyclic amines) is 1. The second-order valence-electron chi connectivity index (χ2n) is 8.61. The molecule has 166 valence electrons. The second-order valence-corrected chi connectivity index (χ2v) is 9.01. The van der Waals surface area contributed by atoms with Crippen LogP contribution < -0.4 is 15.5 Å². The molecule has 0 bridgehead atoms. The molecule has 6 nitrogen and oxygen atoms in total. The third-order valence-corrected chi connectivity index (χ3v) is 6.37. The first-order chi connectivity index (χ1) is 14.5. The molecule has 1 aromatic carbocycles. The molecular weight excluding hydrogens is 396 g/mol. The van der Waals surface area contributed by atoms with Gasteiger partial charge in [-0.2, -0.15) is 0 Å². The van der Waals surface area contributed by atoms with Crippen molar-refractivity contribution in [1.82, 2.24) is 20.4 Å². The zero-order valence-electron chi connectivity index (χ0n) is 18.8. The third-order valence-electron chi connectivity index (χ3n) is 6.02. The Balaban J connectivity index is 1.56. The van der Waals surface area contributed by atoms with E-state index >= 15 is 0 Å². The van der Waals surface area contributed by atoms with Crippen LogP contribution in [0.15, 0.2) is 35.3 Å². The lowest BCUT2D eigenvalue weighted by atomic mass is 10.0. The topological polar surface area (TPSA) is 46.1 Å². The standard InChI is InChI=1S/C23H37ClN6/c1-18(2)17-29-10-8-19(9-11-29)27-23(25-3)26-16-20-21(24)6-5-7-22(20)30-14-12-28(4)13-15-30/h5-7,19H,1,8-17H2,2-4H3,(H2,25,26,27). The number of nitrogens with one attached hydrogen (secondary N) is 2. The van der Waals surface area contributed by atoms with Gasteiger partial charge in [0.1, 0.15) is 0 Å². The highest BCUT2D eigenvalue weighted by molar-refractivity contribution is 6.31. The molecule has 7 heteroatoms. The molecular formula is C23H37ClN6. The number of likely N-dealkylation sites (N-methyl/N-ethyl adjacent to an activating group) is 1. The minimum absolute atomic E-state index is 0.445. The molecule has 0 atom stereocenters. The highest BCUT2D eigenvalue weighted by Gasteiger charge is 2.21. The van der Waals surface area contributed by atoms with E-state index in [0.717, 1.165) is 75.2 Å². The Hall–Kier alpha value is -1.76. The first-order valence-electron chi connectivity index (χ1n) is 11.0. The van der Waals surface area contributed by atoms with Gasteiger partial charge in [0.15, 0.2) is 5.96 Å². The molecule has 2 N–H and O–H groups in total. The number of anilines is 1. The average molecular weight is 433 g/mol. The summed E-state index contributed by atoms with van der Waals surface area (Å²) in [4.78, 5) is 11.7. The van der Waals surface area contributed by atoms with E-state index in [1.54, 1.807) is 0 Å². The molecule has 0 radical (unpaired) electrons. The van der Waals surface area contributed by atoms with Crippen LogP contribution in [0.4, 0.5) is 5.69 Å². The van der Waals surface area contributed by atoms with Crippen molar-refractivity contribution in [3.8, 4) is 0 Å². The highest BCUT2D eigenvalue weighted by Crippen LogP contribution is 2.28. The van der Waals surface area contributed by atoms with E-state index in [-0.39, 0.29) is 0 Å². The molecule has 2 aliphatic rings. The highest BCUT2D eigenvalue weighted by atomic mass is 35.5. The number of hydrogen-bond acceptors (Lipinski definition) is 4. The van der Waals surface area contributed by atoms with Gasteiger partial charge in [0.05, 0.1) is 0 Å². The first-order valence-corrected chi connectivity index (χ1v) is 11.4. The van der Waals surface area contributed by atoms with Gasteiger partial charge in [-0.15, -0.1) is 0 Å². The van der Waals surface area contributed by atoms with E-state index in [2.05, 4.69) is 56.9 Å². The van der Waals surface area contributed by atoms with E-state index in [1.807, 2.05) is 19.2 Å². The molecule has 0 spiro atoms. The molecule has 0 aliphatic carbocycles. The lowest BCUT2D eigenvalue weighted by Gasteiger charge is -2.35. The summed E-state index contributed by atoms with van der Waals surface area (Å²) in [5, 5.41) is 7.90. The summed E-state index contributed by atoms with van der Waals surface area (Å²) in [5.74, 6) is 0.845. The molecule has 2 fully saturated rings. The fourth-order valence-electron chi connectivity index (χ4n) is 4.24. The number of piperazine rings is 1. The van der Waals surface area contributed by atoms with E-state index in [1.165, 1.54) is 11.3 Å².